The van der Waals surface area contributed by atoms with Crippen molar-refractivity contribution in [1.82, 2.24) is 4.90 Å². The summed E-state index contributed by atoms with van der Waals surface area (Å²) in [6.45, 7) is 0.409. The van der Waals surface area contributed by atoms with Crippen LogP contribution in [0.3, 0.4) is 0 Å². The van der Waals surface area contributed by atoms with Crippen LogP contribution in [0.1, 0.15) is 36.3 Å². The minimum absolute atomic E-state index is 0.00169. The van der Waals surface area contributed by atoms with E-state index in [-0.39, 0.29) is 22.3 Å². The first-order valence-electron chi connectivity index (χ1n) is 9.33. The summed E-state index contributed by atoms with van der Waals surface area (Å²) in [5.41, 5.74) is 7.69. The predicted octanol–water partition coefficient (Wildman–Crippen LogP) is 2.57. The van der Waals surface area contributed by atoms with E-state index in [4.69, 9.17) is 5.73 Å². The molecule has 2 fully saturated rings. The quantitative estimate of drug-likeness (QED) is 0.767. The minimum atomic E-state index is -0.990. The summed E-state index contributed by atoms with van der Waals surface area (Å²) in [7, 11) is 0. The van der Waals surface area contributed by atoms with Gasteiger partial charge >= 0.3 is 5.97 Å². The second-order valence-corrected chi connectivity index (χ2v) is 10.9. The van der Waals surface area contributed by atoms with Crippen LogP contribution in [0.4, 0.5) is 8.78 Å². The molecule has 0 aromatic heterocycles. The Hall–Kier alpha value is -1.32. The Labute approximate surface area is 170 Å². The number of nitrogens with two attached hydrogens (primary N) is 1. The zero-order chi connectivity index (χ0) is 20.1. The molecule has 1 aromatic carbocycles. The van der Waals surface area contributed by atoms with Crippen LogP contribution in [0.25, 0.3) is 0 Å². The van der Waals surface area contributed by atoms with Gasteiger partial charge in [0.2, 0.25) is 5.91 Å². The van der Waals surface area contributed by atoms with E-state index in [1.807, 2.05) is 0 Å². The molecule has 2 heterocycles. The molecule has 2 saturated heterocycles. The van der Waals surface area contributed by atoms with Crippen molar-refractivity contribution in [2.75, 3.05) is 18.1 Å². The fourth-order valence-electron chi connectivity index (χ4n) is 4.57. The second kappa shape index (κ2) is 7.50. The number of hydrogen-bond acceptors (Lipinski definition) is 5. The lowest BCUT2D eigenvalue weighted by atomic mass is 9.91. The number of carbonyl (C=O) groups excluding carboxylic acids is 1. The van der Waals surface area contributed by atoms with Crippen molar-refractivity contribution in [3.05, 3.63) is 34.9 Å². The largest absolute Gasteiger partial charge is 0.480 e. The predicted molar refractivity (Wildman–Crippen MR) is 105 cm³/mol. The fraction of sp³-hybridized carbons (Fsp3) is 0.579. The number of amides is 1. The van der Waals surface area contributed by atoms with Gasteiger partial charge in [-0.2, -0.15) is 0 Å². The van der Waals surface area contributed by atoms with Gasteiger partial charge in [-0.3, -0.25) is 4.79 Å². The summed E-state index contributed by atoms with van der Waals surface area (Å²) >= 11 is 3.46. The van der Waals surface area contributed by atoms with Crippen molar-refractivity contribution < 1.29 is 23.5 Å². The molecule has 3 atom stereocenters. The molecule has 3 unspecified atom stereocenters. The van der Waals surface area contributed by atoms with Crippen molar-refractivity contribution in [2.24, 2.45) is 5.73 Å². The first kappa shape index (κ1) is 20.0. The highest BCUT2D eigenvalue weighted by atomic mass is 32.2. The number of carboxylic acid groups (broad SMARTS) is 1. The summed E-state index contributed by atoms with van der Waals surface area (Å²) in [4.78, 5) is 26.1. The molecule has 1 aliphatic carbocycles. The van der Waals surface area contributed by atoms with Crippen LogP contribution in [0.15, 0.2) is 12.1 Å². The maximum atomic E-state index is 13.7. The number of halogens is 2. The van der Waals surface area contributed by atoms with Crippen LogP contribution in [0.2, 0.25) is 0 Å². The first-order valence-corrected chi connectivity index (χ1v) is 11.3. The molecule has 1 spiro atoms. The molecule has 0 radical (unpaired) electrons. The zero-order valence-electron chi connectivity index (χ0n) is 15.2. The van der Waals surface area contributed by atoms with Crippen molar-refractivity contribution in [3.8, 4) is 0 Å². The highest BCUT2D eigenvalue weighted by Crippen LogP contribution is 2.52. The number of likely N-dealkylation sites (tertiary alicyclic amines) is 1. The number of fused-ring (bicyclic) bond motifs is 1. The first-order chi connectivity index (χ1) is 13.3. The molecule has 5 nitrogen and oxygen atoms in total. The molecule has 1 amide bonds. The standard InChI is InChI=1S/C19H22F2N2O3S2/c20-13-5-10-1-2-11(12(10)6-14(13)21)15(22)7-17(24)23-9-19(27-3-4-28-19)8-16(23)18(25)26/h5-6,11,15-16H,1-4,7-9,22H2,(H,25,26). The van der Waals surface area contributed by atoms with Crippen LogP contribution in [-0.2, 0) is 16.0 Å². The van der Waals surface area contributed by atoms with Gasteiger partial charge in [-0.15, -0.1) is 23.5 Å². The van der Waals surface area contributed by atoms with E-state index in [9.17, 15) is 23.5 Å². The van der Waals surface area contributed by atoms with Crippen LogP contribution in [0, 0.1) is 11.6 Å². The Morgan fingerprint density at radius 1 is 1.29 bits per heavy atom. The highest BCUT2D eigenvalue weighted by molar-refractivity contribution is 8.21. The number of benzene rings is 1. The summed E-state index contributed by atoms with van der Waals surface area (Å²) in [6, 6.07) is 0.996. The SMILES string of the molecule is NC(CC(=O)N1CC2(CC1C(=O)O)SCCS2)C1CCc2cc(F)c(F)cc21. The number of nitrogens with zero attached hydrogens (tertiary/aromatic N) is 1. The number of rotatable bonds is 4. The molecule has 4 rings (SSSR count). The Kier molecular flexibility index (Phi) is 5.35. The van der Waals surface area contributed by atoms with E-state index in [1.165, 1.54) is 17.0 Å². The maximum absolute atomic E-state index is 13.7. The smallest absolute Gasteiger partial charge is 0.326 e. The van der Waals surface area contributed by atoms with E-state index in [0.29, 0.717) is 31.4 Å². The monoisotopic (exact) mass is 428 g/mol. The van der Waals surface area contributed by atoms with Gasteiger partial charge in [-0.25, -0.2) is 13.6 Å². The van der Waals surface area contributed by atoms with E-state index >= 15 is 0 Å². The van der Waals surface area contributed by atoms with Crippen molar-refractivity contribution >= 4 is 35.4 Å². The summed E-state index contributed by atoms with van der Waals surface area (Å²) in [5.74, 6) is -1.37. The fourth-order valence-corrected chi connectivity index (χ4v) is 7.82. The lowest BCUT2D eigenvalue weighted by Gasteiger charge is -2.26. The van der Waals surface area contributed by atoms with Gasteiger partial charge in [0.25, 0.3) is 0 Å². The van der Waals surface area contributed by atoms with Crippen LogP contribution in [-0.4, -0.2) is 56.1 Å². The maximum Gasteiger partial charge on any atom is 0.326 e. The lowest BCUT2D eigenvalue weighted by molar-refractivity contribution is -0.148. The molecule has 152 valence electrons. The Morgan fingerprint density at radius 2 is 1.96 bits per heavy atom. The van der Waals surface area contributed by atoms with Crippen molar-refractivity contribution in [1.29, 1.82) is 0 Å². The number of thioether (sulfide) groups is 2. The van der Waals surface area contributed by atoms with Crippen LogP contribution < -0.4 is 5.73 Å². The number of hydrogen-bond donors (Lipinski definition) is 2. The van der Waals surface area contributed by atoms with E-state index < -0.39 is 29.7 Å². The Balaban J connectivity index is 1.48. The van der Waals surface area contributed by atoms with E-state index in [2.05, 4.69) is 0 Å². The molecule has 1 aromatic rings. The topological polar surface area (TPSA) is 83.6 Å². The number of aryl methyl sites for hydroxylation is 1. The van der Waals surface area contributed by atoms with E-state index in [1.54, 1.807) is 23.5 Å². The molecule has 0 bridgehead atoms. The number of carboxylic acids is 1. The highest BCUT2D eigenvalue weighted by Gasteiger charge is 2.51. The van der Waals surface area contributed by atoms with Crippen molar-refractivity contribution in [2.45, 2.75) is 47.8 Å². The number of aliphatic carboxylic acids is 1. The van der Waals surface area contributed by atoms with E-state index in [0.717, 1.165) is 17.1 Å². The van der Waals surface area contributed by atoms with Gasteiger partial charge in [-0.1, -0.05) is 0 Å². The van der Waals surface area contributed by atoms with Gasteiger partial charge in [0.05, 0.1) is 4.08 Å². The lowest BCUT2D eigenvalue weighted by Crippen LogP contribution is -2.44. The summed E-state index contributed by atoms with van der Waals surface area (Å²) in [5, 5.41) is 9.59. The molecule has 28 heavy (non-hydrogen) atoms. The van der Waals surface area contributed by atoms with Crippen LogP contribution in [0.5, 0.6) is 0 Å². The van der Waals surface area contributed by atoms with Gasteiger partial charge in [-0.05, 0) is 36.1 Å². The summed E-state index contributed by atoms with van der Waals surface area (Å²) < 4.78 is 26.9. The van der Waals surface area contributed by atoms with Gasteiger partial charge < -0.3 is 15.7 Å². The molecular weight excluding hydrogens is 406 g/mol. The van der Waals surface area contributed by atoms with Crippen molar-refractivity contribution in [3.63, 3.8) is 0 Å². The average molecular weight is 429 g/mol. The minimum Gasteiger partial charge on any atom is -0.480 e. The zero-order valence-corrected chi connectivity index (χ0v) is 16.8. The molecule has 3 N–H and O–H groups in total. The van der Waals surface area contributed by atoms with Crippen LogP contribution >= 0.6 is 23.5 Å². The van der Waals surface area contributed by atoms with Gasteiger partial charge in [0.15, 0.2) is 11.6 Å². The normalized spacial score (nSPS) is 26.6. The Morgan fingerprint density at radius 3 is 2.64 bits per heavy atom. The third-order valence-corrected chi connectivity index (χ3v) is 9.37. The average Bonchev–Trinajstić information content (AvgIpc) is 3.35. The Bertz CT molecular complexity index is 817. The third-order valence-electron chi connectivity index (χ3n) is 5.94. The van der Waals surface area contributed by atoms with Gasteiger partial charge in [0.1, 0.15) is 6.04 Å². The number of carbonyl (C=O) groups is 2. The van der Waals surface area contributed by atoms with Gasteiger partial charge in [0, 0.05) is 42.9 Å². The molecule has 9 heteroatoms. The molecular formula is C19H22F2N2O3S2. The molecule has 3 aliphatic rings. The third kappa shape index (κ3) is 3.52. The molecule has 0 saturated carbocycles. The molecule has 2 aliphatic heterocycles. The summed E-state index contributed by atoms with van der Waals surface area (Å²) in [6.07, 6.45) is 1.66. The second-order valence-electron chi connectivity index (χ2n) is 7.67.